The molecular weight excluding hydrogens is 316 g/mol. The number of hydrogen-bond acceptors (Lipinski definition) is 5. The summed E-state index contributed by atoms with van der Waals surface area (Å²) < 4.78 is 0. The highest BCUT2D eigenvalue weighted by atomic mass is 16.7. The predicted octanol–water partition coefficient (Wildman–Crippen LogP) is 3.91. The third kappa shape index (κ3) is 4.06. The predicted molar refractivity (Wildman–Crippen MR) is 101 cm³/mol. The van der Waals surface area contributed by atoms with E-state index in [1.807, 2.05) is 0 Å². The molecule has 2 aliphatic rings. The van der Waals surface area contributed by atoms with E-state index < -0.39 is 0 Å². The smallest absolute Gasteiger partial charge is 0.0577 e. The van der Waals surface area contributed by atoms with Crippen LogP contribution in [0.4, 0.5) is 0 Å². The Kier molecular flexibility index (Phi) is 5.98. The van der Waals surface area contributed by atoms with Crippen LogP contribution in [0.5, 0.6) is 0 Å². The normalized spacial score (nSPS) is 39.5. The van der Waals surface area contributed by atoms with Crippen molar-refractivity contribution in [2.75, 3.05) is 14.2 Å². The Labute approximate surface area is 154 Å². The molecule has 1 N–H and O–H groups in total. The van der Waals surface area contributed by atoms with Crippen molar-refractivity contribution in [1.29, 1.82) is 0 Å². The van der Waals surface area contributed by atoms with E-state index in [-0.39, 0.29) is 28.3 Å². The van der Waals surface area contributed by atoms with Crippen LogP contribution in [0.3, 0.4) is 0 Å². The second kappa shape index (κ2) is 7.08. The maximum absolute atomic E-state index is 10.5. The van der Waals surface area contributed by atoms with Gasteiger partial charge in [-0.1, -0.05) is 0 Å². The van der Waals surface area contributed by atoms with Crippen LogP contribution in [0, 0.1) is 0 Å². The summed E-state index contributed by atoms with van der Waals surface area (Å²) in [6.45, 7) is 13.4. The lowest BCUT2D eigenvalue weighted by Gasteiger charge is -2.56. The Bertz CT molecular complexity index is 468. The molecule has 0 spiro atoms. The van der Waals surface area contributed by atoms with Gasteiger partial charge >= 0.3 is 0 Å². The molecule has 2 aliphatic heterocycles. The lowest BCUT2D eigenvalue weighted by atomic mass is 9.72. The van der Waals surface area contributed by atoms with Crippen LogP contribution in [0.25, 0.3) is 0 Å². The molecule has 0 aromatic rings. The van der Waals surface area contributed by atoms with E-state index in [9.17, 15) is 5.11 Å². The van der Waals surface area contributed by atoms with E-state index in [2.05, 4.69) is 51.7 Å². The number of rotatable bonds is 5. The van der Waals surface area contributed by atoms with Gasteiger partial charge < -0.3 is 14.8 Å². The first kappa shape index (κ1) is 21.1. The minimum absolute atomic E-state index is 0.00542. The second-order valence-electron chi connectivity index (χ2n) is 9.99. The zero-order chi connectivity index (χ0) is 19.1. The molecule has 0 bridgehead atoms. The van der Waals surface area contributed by atoms with E-state index in [1.165, 1.54) is 6.42 Å². The summed E-state index contributed by atoms with van der Waals surface area (Å²) in [6, 6.07) is 0. The number of aliphatic hydroxyl groups is 1. The van der Waals surface area contributed by atoms with Crippen molar-refractivity contribution < 1.29 is 14.8 Å². The number of piperidine rings is 2. The van der Waals surface area contributed by atoms with E-state index in [0.29, 0.717) is 0 Å². The van der Waals surface area contributed by atoms with E-state index >= 15 is 0 Å². The lowest BCUT2D eigenvalue weighted by molar-refractivity contribution is -0.293. The summed E-state index contributed by atoms with van der Waals surface area (Å²) in [5.41, 5.74) is -0.296. The van der Waals surface area contributed by atoms with Crippen molar-refractivity contribution in [2.45, 2.75) is 115 Å². The zero-order valence-electron chi connectivity index (χ0n) is 17.7. The maximum atomic E-state index is 10.5. The summed E-state index contributed by atoms with van der Waals surface area (Å²) >= 11 is 0. The SMILES string of the molecule is CON1C(C)(C)CCCC1(C)CCC1(C)CC(O)CC(C)(C)N1OC. The Morgan fingerprint density at radius 3 is 1.88 bits per heavy atom. The van der Waals surface area contributed by atoms with Gasteiger partial charge in [-0.3, -0.25) is 0 Å². The molecule has 5 heteroatoms. The van der Waals surface area contributed by atoms with Crippen molar-refractivity contribution in [1.82, 2.24) is 10.1 Å². The van der Waals surface area contributed by atoms with Gasteiger partial charge in [0.05, 0.1) is 20.3 Å². The van der Waals surface area contributed by atoms with Crippen LogP contribution in [0.15, 0.2) is 0 Å². The van der Waals surface area contributed by atoms with Crippen molar-refractivity contribution in [2.24, 2.45) is 0 Å². The van der Waals surface area contributed by atoms with Gasteiger partial charge in [-0.25, -0.2) is 0 Å². The zero-order valence-corrected chi connectivity index (χ0v) is 17.7. The third-order valence-corrected chi connectivity index (χ3v) is 6.56. The number of hydroxylamine groups is 4. The molecule has 2 rings (SSSR count). The second-order valence-corrected chi connectivity index (χ2v) is 9.99. The highest BCUT2D eigenvalue weighted by Crippen LogP contribution is 2.46. The van der Waals surface area contributed by atoms with Gasteiger partial charge in [0.15, 0.2) is 0 Å². The third-order valence-electron chi connectivity index (χ3n) is 6.56. The monoisotopic (exact) mass is 356 g/mol. The maximum Gasteiger partial charge on any atom is 0.0577 e. The Morgan fingerprint density at radius 1 is 0.800 bits per heavy atom. The number of hydrogen-bond donors (Lipinski definition) is 1. The topological polar surface area (TPSA) is 45.2 Å². The van der Waals surface area contributed by atoms with Gasteiger partial charge in [-0.05, 0) is 86.5 Å². The number of nitrogens with zero attached hydrogens (tertiary/aromatic N) is 2. The molecule has 25 heavy (non-hydrogen) atoms. The van der Waals surface area contributed by atoms with Gasteiger partial charge in [0, 0.05) is 22.2 Å². The Morgan fingerprint density at radius 2 is 1.32 bits per heavy atom. The molecule has 0 radical (unpaired) electrons. The van der Waals surface area contributed by atoms with Crippen LogP contribution in [0.2, 0.25) is 0 Å². The molecule has 2 heterocycles. The molecule has 0 amide bonds. The molecular formula is C20H40N2O3. The molecule has 3 atom stereocenters. The highest BCUT2D eigenvalue weighted by Gasteiger charge is 2.51. The average Bonchev–Trinajstić information content (AvgIpc) is 2.43. The van der Waals surface area contributed by atoms with Crippen LogP contribution < -0.4 is 0 Å². The average molecular weight is 357 g/mol. The minimum atomic E-state index is -0.277. The summed E-state index contributed by atoms with van der Waals surface area (Å²) in [5.74, 6) is 0. The van der Waals surface area contributed by atoms with Crippen molar-refractivity contribution in [3.63, 3.8) is 0 Å². The quantitative estimate of drug-likeness (QED) is 0.809. The highest BCUT2D eigenvalue weighted by molar-refractivity contribution is 5.02. The fraction of sp³-hybridized carbons (Fsp3) is 1.00. The first-order valence-electron chi connectivity index (χ1n) is 9.77. The molecule has 0 aromatic heterocycles. The minimum Gasteiger partial charge on any atom is -0.393 e. The first-order chi connectivity index (χ1) is 11.4. The van der Waals surface area contributed by atoms with E-state index in [4.69, 9.17) is 9.68 Å². The van der Waals surface area contributed by atoms with Crippen LogP contribution in [0.1, 0.15) is 86.5 Å². The summed E-state index contributed by atoms with van der Waals surface area (Å²) in [5, 5.41) is 14.8. The van der Waals surface area contributed by atoms with Gasteiger partial charge in [0.2, 0.25) is 0 Å². The molecule has 2 saturated heterocycles. The van der Waals surface area contributed by atoms with Gasteiger partial charge in [0.1, 0.15) is 0 Å². The summed E-state index contributed by atoms with van der Waals surface area (Å²) in [4.78, 5) is 11.7. The van der Waals surface area contributed by atoms with Gasteiger partial charge in [-0.2, -0.15) is 10.1 Å². The number of aliphatic hydroxyl groups excluding tert-OH is 1. The first-order valence-corrected chi connectivity index (χ1v) is 9.77. The molecule has 0 aromatic carbocycles. The molecule has 148 valence electrons. The molecule has 2 fully saturated rings. The van der Waals surface area contributed by atoms with Crippen molar-refractivity contribution in [3.8, 4) is 0 Å². The summed E-state index contributed by atoms with van der Waals surface area (Å²) in [6.07, 6.45) is 6.71. The molecule has 5 nitrogen and oxygen atoms in total. The largest absolute Gasteiger partial charge is 0.393 e. The van der Waals surface area contributed by atoms with Crippen LogP contribution >= 0.6 is 0 Å². The van der Waals surface area contributed by atoms with E-state index in [1.54, 1.807) is 14.2 Å². The van der Waals surface area contributed by atoms with Crippen LogP contribution in [-0.2, 0) is 9.68 Å². The molecule has 0 aliphatic carbocycles. The van der Waals surface area contributed by atoms with Gasteiger partial charge in [-0.15, -0.1) is 0 Å². The molecule has 0 saturated carbocycles. The van der Waals surface area contributed by atoms with Crippen LogP contribution in [-0.4, -0.2) is 57.7 Å². The standard InChI is InChI=1S/C20H40N2O3/c1-17(2)10-9-11-19(5,21(17)24-7)12-13-20(6)15-16(23)14-18(3,4)22(20)25-8/h16,23H,9-15H2,1-8H3. The fourth-order valence-electron chi connectivity index (χ4n) is 5.79. The summed E-state index contributed by atoms with van der Waals surface area (Å²) in [7, 11) is 3.55. The Balaban J connectivity index is 2.19. The lowest BCUT2D eigenvalue weighted by Crippen LogP contribution is -2.64. The molecule has 3 unspecified atom stereocenters. The van der Waals surface area contributed by atoms with Crippen molar-refractivity contribution in [3.05, 3.63) is 0 Å². The van der Waals surface area contributed by atoms with Crippen molar-refractivity contribution >= 4 is 0 Å². The van der Waals surface area contributed by atoms with E-state index in [0.717, 1.165) is 38.5 Å². The fourth-order valence-corrected chi connectivity index (χ4v) is 5.79. The van der Waals surface area contributed by atoms with Gasteiger partial charge in [0.25, 0.3) is 0 Å². The Hall–Kier alpha value is -0.200.